The molecule has 0 unspecified atom stereocenters. The van der Waals surface area contributed by atoms with Crippen molar-refractivity contribution in [2.75, 3.05) is 5.32 Å². The molecular formula is C24H23ClN2S2. The van der Waals surface area contributed by atoms with Gasteiger partial charge in [-0.3, -0.25) is 0 Å². The fourth-order valence-corrected chi connectivity index (χ4v) is 6.58. The molecule has 3 aromatic heterocycles. The summed E-state index contributed by atoms with van der Waals surface area (Å²) in [6, 6.07) is 16.9. The molecule has 1 aromatic carbocycles. The van der Waals surface area contributed by atoms with E-state index < -0.39 is 0 Å². The van der Waals surface area contributed by atoms with E-state index in [1.165, 1.54) is 57.7 Å². The lowest BCUT2D eigenvalue weighted by atomic mass is 9.85. The lowest BCUT2D eigenvalue weighted by molar-refractivity contribution is 0.449. The maximum Gasteiger partial charge on any atom is 0.131 e. The summed E-state index contributed by atoms with van der Waals surface area (Å²) in [5.74, 6) is 0.627. The number of pyridine rings is 1. The topological polar surface area (TPSA) is 24.9 Å². The number of hydrogen-bond acceptors (Lipinski definition) is 4. The molecule has 0 atom stereocenters. The van der Waals surface area contributed by atoms with E-state index in [4.69, 9.17) is 16.6 Å². The van der Waals surface area contributed by atoms with Crippen LogP contribution >= 0.6 is 34.3 Å². The van der Waals surface area contributed by atoms with Crippen molar-refractivity contribution in [3.05, 3.63) is 68.8 Å². The molecule has 5 rings (SSSR count). The zero-order chi connectivity index (χ0) is 19.6. The highest BCUT2D eigenvalue weighted by Gasteiger charge is 2.25. The average Bonchev–Trinajstić information content (AvgIpc) is 3.41. The molecule has 0 amide bonds. The third-order valence-electron chi connectivity index (χ3n) is 5.71. The Kier molecular flexibility index (Phi) is 5.58. The highest BCUT2D eigenvalue weighted by atomic mass is 35.5. The van der Waals surface area contributed by atoms with E-state index >= 15 is 0 Å². The fourth-order valence-electron chi connectivity index (χ4n) is 4.32. The van der Waals surface area contributed by atoms with Gasteiger partial charge in [0.25, 0.3) is 0 Å². The quantitative estimate of drug-likeness (QED) is 0.316. The summed E-state index contributed by atoms with van der Waals surface area (Å²) >= 11 is 10.2. The molecule has 1 aliphatic rings. The Labute approximate surface area is 184 Å². The minimum Gasteiger partial charge on any atom is -0.379 e. The van der Waals surface area contributed by atoms with Gasteiger partial charge in [-0.15, -0.1) is 22.7 Å². The minimum absolute atomic E-state index is 0.552. The standard InChI is InChI=1S/C24H23ClN2S2/c25-20-14-19(26-15-18-12-7-13-28-18)24-22(27-20)21(16-8-3-1-4-9-16)23(29-24)17-10-5-2-6-11-17/h1,3-4,7-9,12-14,17H,2,5-6,10-11,15H2,(H,26,27). The number of benzene rings is 1. The predicted molar refractivity (Wildman–Crippen MR) is 128 cm³/mol. The summed E-state index contributed by atoms with van der Waals surface area (Å²) < 4.78 is 1.23. The van der Waals surface area contributed by atoms with Crippen LogP contribution in [-0.2, 0) is 6.54 Å². The van der Waals surface area contributed by atoms with Gasteiger partial charge >= 0.3 is 0 Å². The van der Waals surface area contributed by atoms with Crippen LogP contribution in [0.25, 0.3) is 21.3 Å². The molecular weight excluding hydrogens is 416 g/mol. The van der Waals surface area contributed by atoms with Crippen LogP contribution in [0.4, 0.5) is 5.69 Å². The molecule has 1 N–H and O–H groups in total. The summed E-state index contributed by atoms with van der Waals surface area (Å²) in [5, 5.41) is 6.29. The molecule has 29 heavy (non-hydrogen) atoms. The number of nitrogens with zero attached hydrogens (tertiary/aromatic N) is 1. The van der Waals surface area contributed by atoms with Gasteiger partial charge in [0, 0.05) is 27.9 Å². The molecule has 0 saturated heterocycles. The van der Waals surface area contributed by atoms with Gasteiger partial charge in [0.2, 0.25) is 0 Å². The Hall–Kier alpha value is -1.88. The Bertz CT molecular complexity index is 1100. The summed E-state index contributed by atoms with van der Waals surface area (Å²) in [6.45, 7) is 0.810. The molecule has 0 bridgehead atoms. The highest BCUT2D eigenvalue weighted by molar-refractivity contribution is 7.20. The number of fused-ring (bicyclic) bond motifs is 1. The van der Waals surface area contributed by atoms with Gasteiger partial charge in [-0.25, -0.2) is 4.98 Å². The van der Waals surface area contributed by atoms with Crippen LogP contribution in [0.1, 0.15) is 47.8 Å². The second kappa shape index (κ2) is 8.47. The van der Waals surface area contributed by atoms with Gasteiger partial charge in [0.15, 0.2) is 0 Å². The first-order chi connectivity index (χ1) is 14.3. The average molecular weight is 439 g/mol. The summed E-state index contributed by atoms with van der Waals surface area (Å²) in [4.78, 5) is 7.62. The molecule has 2 nitrogen and oxygen atoms in total. The van der Waals surface area contributed by atoms with Crippen LogP contribution in [-0.4, -0.2) is 4.98 Å². The summed E-state index contributed by atoms with van der Waals surface area (Å²) in [5.41, 5.74) is 4.68. The lowest BCUT2D eigenvalue weighted by Gasteiger charge is -2.21. The molecule has 0 aliphatic heterocycles. The van der Waals surface area contributed by atoms with Crippen LogP contribution in [0.2, 0.25) is 5.15 Å². The van der Waals surface area contributed by atoms with Crippen LogP contribution in [0.3, 0.4) is 0 Å². The number of rotatable bonds is 5. The van der Waals surface area contributed by atoms with Gasteiger partial charge in [0.1, 0.15) is 5.15 Å². The third kappa shape index (κ3) is 3.94. The molecule has 0 radical (unpaired) electrons. The van der Waals surface area contributed by atoms with E-state index in [-0.39, 0.29) is 0 Å². The zero-order valence-corrected chi connectivity index (χ0v) is 18.5. The van der Waals surface area contributed by atoms with Crippen molar-refractivity contribution in [3.8, 4) is 11.1 Å². The van der Waals surface area contributed by atoms with Crippen LogP contribution in [0.5, 0.6) is 0 Å². The first-order valence-electron chi connectivity index (χ1n) is 10.2. The Balaban J connectivity index is 1.65. The molecule has 148 valence electrons. The Morgan fingerprint density at radius 3 is 2.62 bits per heavy atom. The molecule has 1 fully saturated rings. The number of anilines is 1. The van der Waals surface area contributed by atoms with Gasteiger partial charge in [0.05, 0.1) is 15.9 Å². The molecule has 1 saturated carbocycles. The summed E-state index contributed by atoms with van der Waals surface area (Å²) in [7, 11) is 0. The minimum atomic E-state index is 0.552. The van der Waals surface area contributed by atoms with E-state index in [2.05, 4.69) is 53.2 Å². The molecule has 1 aliphatic carbocycles. The van der Waals surface area contributed by atoms with Gasteiger partial charge in [-0.2, -0.15) is 0 Å². The molecule has 5 heteroatoms. The summed E-state index contributed by atoms with van der Waals surface area (Å²) in [6.07, 6.45) is 6.56. The Morgan fingerprint density at radius 2 is 1.86 bits per heavy atom. The van der Waals surface area contributed by atoms with Crippen molar-refractivity contribution >= 4 is 50.2 Å². The van der Waals surface area contributed by atoms with Crippen molar-refractivity contribution in [3.63, 3.8) is 0 Å². The zero-order valence-electron chi connectivity index (χ0n) is 16.2. The maximum absolute atomic E-state index is 6.50. The van der Waals surface area contributed by atoms with E-state index in [9.17, 15) is 0 Å². The van der Waals surface area contributed by atoms with Gasteiger partial charge in [-0.05, 0) is 35.8 Å². The Morgan fingerprint density at radius 1 is 1.03 bits per heavy atom. The monoisotopic (exact) mass is 438 g/mol. The lowest BCUT2D eigenvalue weighted by Crippen LogP contribution is -2.03. The normalized spacial score (nSPS) is 15.1. The second-order valence-corrected chi connectivity index (χ2v) is 10.1. The second-order valence-electron chi connectivity index (χ2n) is 7.65. The van der Waals surface area contributed by atoms with Crippen molar-refractivity contribution in [2.24, 2.45) is 0 Å². The fraction of sp³-hybridized carbons (Fsp3) is 0.292. The van der Waals surface area contributed by atoms with E-state index in [1.54, 1.807) is 11.3 Å². The van der Waals surface area contributed by atoms with Crippen molar-refractivity contribution in [1.29, 1.82) is 0 Å². The maximum atomic E-state index is 6.50. The highest BCUT2D eigenvalue weighted by Crippen LogP contribution is 2.48. The van der Waals surface area contributed by atoms with Crippen molar-refractivity contribution < 1.29 is 0 Å². The largest absolute Gasteiger partial charge is 0.379 e. The predicted octanol–water partition coefficient (Wildman–Crippen LogP) is 8.34. The SMILES string of the molecule is Clc1cc(NCc2cccs2)c2sc(C3CCCCC3)c(-c3ccccc3)c2n1. The number of thiophene rings is 2. The first kappa shape index (κ1) is 19.1. The molecule has 3 heterocycles. The number of halogens is 1. The van der Waals surface area contributed by atoms with Gasteiger partial charge < -0.3 is 5.32 Å². The molecule has 4 aromatic rings. The van der Waals surface area contributed by atoms with E-state index in [0.717, 1.165) is 17.7 Å². The van der Waals surface area contributed by atoms with E-state index in [1.807, 2.05) is 17.4 Å². The van der Waals surface area contributed by atoms with Crippen molar-refractivity contribution in [1.82, 2.24) is 4.98 Å². The van der Waals surface area contributed by atoms with Crippen LogP contribution < -0.4 is 5.32 Å². The first-order valence-corrected chi connectivity index (χ1v) is 12.3. The van der Waals surface area contributed by atoms with Crippen LogP contribution in [0, 0.1) is 0 Å². The van der Waals surface area contributed by atoms with Crippen molar-refractivity contribution in [2.45, 2.75) is 44.6 Å². The van der Waals surface area contributed by atoms with E-state index in [0.29, 0.717) is 11.1 Å². The number of hydrogen-bond donors (Lipinski definition) is 1. The van der Waals surface area contributed by atoms with Crippen LogP contribution in [0.15, 0.2) is 53.9 Å². The number of aromatic nitrogens is 1. The van der Waals surface area contributed by atoms with Gasteiger partial charge in [-0.1, -0.05) is 67.3 Å². The third-order valence-corrected chi connectivity index (χ3v) is 8.15. The smallest absolute Gasteiger partial charge is 0.131 e. The number of nitrogens with one attached hydrogen (secondary N) is 1. The molecule has 0 spiro atoms.